The summed E-state index contributed by atoms with van der Waals surface area (Å²) in [5, 5.41) is 0. The third-order valence-electron chi connectivity index (χ3n) is 8.09. The number of benzene rings is 1. The Morgan fingerprint density at radius 3 is 1.08 bits per heavy atom. The van der Waals surface area contributed by atoms with Gasteiger partial charge in [-0.05, 0) is 83.9 Å². The molecule has 0 spiro atoms. The van der Waals surface area contributed by atoms with Crippen molar-refractivity contribution in [3.8, 4) is 0 Å². The van der Waals surface area contributed by atoms with E-state index < -0.39 is 0 Å². The average molecular weight is 345 g/mol. The molecule has 0 heterocycles. The third-order valence-corrected chi connectivity index (χ3v) is 8.09. The van der Waals surface area contributed by atoms with E-state index in [-0.39, 0.29) is 16.2 Å². The van der Waals surface area contributed by atoms with Crippen molar-refractivity contribution in [3.63, 3.8) is 0 Å². The second-order valence-corrected chi connectivity index (χ2v) is 9.00. The fourth-order valence-electron chi connectivity index (χ4n) is 4.24. The first-order valence-electron chi connectivity index (χ1n) is 10.8. The minimum atomic E-state index is 0.277. The lowest BCUT2D eigenvalue weighted by Crippen LogP contribution is -2.29. The lowest BCUT2D eigenvalue weighted by molar-refractivity contribution is 0.406. The number of hydrogen-bond acceptors (Lipinski definition) is 0. The van der Waals surface area contributed by atoms with E-state index in [0.29, 0.717) is 0 Å². The largest absolute Gasteiger partial charge is 0.0645 e. The molecule has 0 N–H and O–H groups in total. The predicted molar refractivity (Wildman–Crippen MR) is 115 cm³/mol. The lowest BCUT2D eigenvalue weighted by atomic mass is 9.66. The molecule has 1 aromatic carbocycles. The van der Waals surface area contributed by atoms with Crippen molar-refractivity contribution in [2.75, 3.05) is 0 Å². The first-order valence-corrected chi connectivity index (χ1v) is 10.8. The van der Waals surface area contributed by atoms with E-state index in [4.69, 9.17) is 0 Å². The van der Waals surface area contributed by atoms with Crippen LogP contribution in [-0.2, 0) is 16.2 Å². The first-order chi connectivity index (χ1) is 11.6. The van der Waals surface area contributed by atoms with Gasteiger partial charge in [0.25, 0.3) is 0 Å². The van der Waals surface area contributed by atoms with E-state index in [1.54, 1.807) is 22.3 Å². The van der Waals surface area contributed by atoms with E-state index in [1.165, 1.54) is 38.5 Å². The summed E-state index contributed by atoms with van der Waals surface area (Å²) >= 11 is 0. The molecule has 144 valence electrons. The molecular weight excluding hydrogens is 300 g/mol. The molecule has 0 aromatic heterocycles. The molecule has 0 saturated heterocycles. The zero-order valence-electron chi connectivity index (χ0n) is 18.9. The summed E-state index contributed by atoms with van der Waals surface area (Å²) in [4.78, 5) is 0. The van der Waals surface area contributed by atoms with Gasteiger partial charge < -0.3 is 0 Å². The molecule has 1 rings (SSSR count). The second kappa shape index (κ2) is 8.28. The Morgan fingerprint density at radius 2 is 0.840 bits per heavy atom. The topological polar surface area (TPSA) is 0 Å². The smallest absolute Gasteiger partial charge is 0.00777 e. The highest BCUT2D eigenvalue weighted by Gasteiger charge is 2.33. The summed E-state index contributed by atoms with van der Waals surface area (Å²) in [5.41, 5.74) is 7.16. The van der Waals surface area contributed by atoms with Gasteiger partial charge in [0.2, 0.25) is 0 Å². The van der Waals surface area contributed by atoms with Gasteiger partial charge in [-0.25, -0.2) is 0 Å². The Kier molecular flexibility index (Phi) is 7.37. The monoisotopic (exact) mass is 344 g/mol. The summed E-state index contributed by atoms with van der Waals surface area (Å²) in [6.45, 7) is 23.9. The summed E-state index contributed by atoms with van der Waals surface area (Å²) in [6, 6.07) is 5.15. The van der Waals surface area contributed by atoms with Gasteiger partial charge in [-0.15, -0.1) is 0 Å². The summed E-state index contributed by atoms with van der Waals surface area (Å²) < 4.78 is 0. The first kappa shape index (κ1) is 22.3. The molecule has 0 unspecified atom stereocenters. The van der Waals surface area contributed by atoms with Gasteiger partial charge in [0, 0.05) is 0 Å². The molecule has 0 fully saturated rings. The Hall–Kier alpha value is -0.780. The van der Waals surface area contributed by atoms with E-state index in [2.05, 4.69) is 81.4 Å². The van der Waals surface area contributed by atoms with Crippen molar-refractivity contribution in [1.82, 2.24) is 0 Å². The number of hydrogen-bond donors (Lipinski definition) is 0. The average Bonchev–Trinajstić information content (AvgIpc) is 2.66. The molecule has 0 bridgehead atoms. The Labute approximate surface area is 158 Å². The van der Waals surface area contributed by atoms with Gasteiger partial charge in [0.05, 0.1) is 0 Å². The molecule has 0 aliphatic heterocycles. The quantitative estimate of drug-likeness (QED) is 0.423. The van der Waals surface area contributed by atoms with Crippen LogP contribution in [0.1, 0.15) is 123 Å². The Morgan fingerprint density at radius 1 is 0.560 bits per heavy atom. The Balaban J connectivity index is 3.86. The fraction of sp³-hybridized carbons (Fsp3) is 0.760. The normalized spacial score (nSPS) is 13.4. The maximum atomic E-state index is 2.57. The van der Waals surface area contributed by atoms with E-state index >= 15 is 0 Å². The van der Waals surface area contributed by atoms with Crippen LogP contribution in [0, 0.1) is 6.92 Å². The van der Waals surface area contributed by atoms with Gasteiger partial charge >= 0.3 is 0 Å². The van der Waals surface area contributed by atoms with Crippen LogP contribution in [0.3, 0.4) is 0 Å². The zero-order valence-corrected chi connectivity index (χ0v) is 18.9. The van der Waals surface area contributed by atoms with Gasteiger partial charge in [0.15, 0.2) is 0 Å². The van der Waals surface area contributed by atoms with Crippen LogP contribution in [0.15, 0.2) is 12.1 Å². The highest BCUT2D eigenvalue weighted by molar-refractivity contribution is 5.48. The summed E-state index contributed by atoms with van der Waals surface area (Å²) in [7, 11) is 0. The Bertz CT molecular complexity index is 512. The minimum Gasteiger partial charge on any atom is -0.0645 e. The van der Waals surface area contributed by atoms with Crippen LogP contribution < -0.4 is 0 Å². The highest BCUT2D eigenvalue weighted by Crippen LogP contribution is 2.44. The molecule has 0 aliphatic rings. The summed E-state index contributed by atoms with van der Waals surface area (Å²) in [5.74, 6) is 0. The van der Waals surface area contributed by atoms with E-state index in [1.807, 2.05) is 0 Å². The third kappa shape index (κ3) is 3.99. The molecule has 0 aliphatic carbocycles. The maximum absolute atomic E-state index is 2.57. The molecular formula is C25H44. The summed E-state index contributed by atoms with van der Waals surface area (Å²) in [6.07, 6.45) is 7.23. The van der Waals surface area contributed by atoms with Gasteiger partial charge in [-0.1, -0.05) is 74.4 Å². The SMILES string of the molecule is CCC(C)(CC)c1cc(C(C)(CC)CC)c(C)c(C(C)(CC)CC)c1. The van der Waals surface area contributed by atoms with Crippen molar-refractivity contribution < 1.29 is 0 Å². The minimum absolute atomic E-state index is 0.277. The van der Waals surface area contributed by atoms with Gasteiger partial charge in [-0.2, -0.15) is 0 Å². The van der Waals surface area contributed by atoms with Gasteiger partial charge in [0.1, 0.15) is 0 Å². The van der Waals surface area contributed by atoms with E-state index in [0.717, 1.165) is 0 Å². The molecule has 1 aromatic rings. The fourth-order valence-corrected chi connectivity index (χ4v) is 4.24. The molecule has 0 nitrogen and oxygen atoms in total. The van der Waals surface area contributed by atoms with Crippen LogP contribution in [0.25, 0.3) is 0 Å². The molecule has 0 atom stereocenters. The molecule has 25 heavy (non-hydrogen) atoms. The van der Waals surface area contributed by atoms with Crippen molar-refractivity contribution in [1.29, 1.82) is 0 Å². The molecule has 0 heteroatoms. The van der Waals surface area contributed by atoms with Crippen LogP contribution in [-0.4, -0.2) is 0 Å². The van der Waals surface area contributed by atoms with Gasteiger partial charge in [-0.3, -0.25) is 0 Å². The molecule has 0 radical (unpaired) electrons. The van der Waals surface area contributed by atoms with Crippen LogP contribution in [0.5, 0.6) is 0 Å². The van der Waals surface area contributed by atoms with Crippen molar-refractivity contribution in [2.45, 2.75) is 124 Å². The highest BCUT2D eigenvalue weighted by atomic mass is 14.4. The molecule has 0 saturated carbocycles. The van der Waals surface area contributed by atoms with Crippen molar-refractivity contribution >= 4 is 0 Å². The maximum Gasteiger partial charge on any atom is -0.00777 e. The molecule has 0 amide bonds. The second-order valence-electron chi connectivity index (χ2n) is 9.00. The zero-order chi connectivity index (χ0) is 19.5. The van der Waals surface area contributed by atoms with Crippen LogP contribution in [0.2, 0.25) is 0 Å². The lowest BCUT2D eigenvalue weighted by Gasteiger charge is -2.38. The number of rotatable bonds is 9. The van der Waals surface area contributed by atoms with E-state index in [9.17, 15) is 0 Å². The van der Waals surface area contributed by atoms with Crippen LogP contribution >= 0.6 is 0 Å². The van der Waals surface area contributed by atoms with Crippen molar-refractivity contribution in [3.05, 3.63) is 34.4 Å². The predicted octanol–water partition coefficient (Wildman–Crippen LogP) is 8.23. The van der Waals surface area contributed by atoms with Crippen LogP contribution in [0.4, 0.5) is 0 Å². The van der Waals surface area contributed by atoms with Crippen molar-refractivity contribution in [2.24, 2.45) is 0 Å². The standard InChI is InChI=1S/C25H44/c1-11-23(8,12-2)20-17-21(24(9,13-3)14-4)19(7)22(18-20)25(10,15-5)16-6/h17-18H,11-16H2,1-10H3.